The van der Waals surface area contributed by atoms with E-state index in [9.17, 15) is 4.79 Å². The molecule has 0 bridgehead atoms. The van der Waals surface area contributed by atoms with Crippen LogP contribution in [0.1, 0.15) is 33.3 Å². The first-order chi connectivity index (χ1) is 12.7. The average Bonchev–Trinajstić information content (AvgIpc) is 3.09. The summed E-state index contributed by atoms with van der Waals surface area (Å²) in [5, 5.41) is 4.01. The van der Waals surface area contributed by atoms with Crippen LogP contribution in [0.2, 0.25) is 0 Å². The number of fused-ring (bicyclic) bond motifs is 3. The molecule has 1 N–H and O–H groups in total. The minimum atomic E-state index is -0.927. The molecule has 1 aromatic carbocycles. The van der Waals surface area contributed by atoms with Gasteiger partial charge < -0.3 is 23.7 Å². The van der Waals surface area contributed by atoms with Crippen molar-refractivity contribution in [1.29, 1.82) is 0 Å². The highest BCUT2D eigenvalue weighted by Crippen LogP contribution is 2.44. The quantitative estimate of drug-likeness (QED) is 0.636. The van der Waals surface area contributed by atoms with Crippen molar-refractivity contribution in [2.75, 3.05) is 0 Å². The van der Waals surface area contributed by atoms with Gasteiger partial charge >= 0.3 is 0 Å². The van der Waals surface area contributed by atoms with E-state index in [2.05, 4.69) is 10.5 Å². The lowest BCUT2D eigenvalue weighted by atomic mass is 9.98. The zero-order valence-electron chi connectivity index (χ0n) is 15.7. The third-order valence-corrected chi connectivity index (χ3v) is 4.60. The molecule has 0 radical (unpaired) electrons. The monoisotopic (exact) mass is 376 g/mol. The molecule has 146 valence electrons. The van der Waals surface area contributed by atoms with Crippen molar-refractivity contribution in [3.05, 3.63) is 35.9 Å². The maximum Gasteiger partial charge on any atom is 0.272 e. The second-order valence-corrected chi connectivity index (χ2v) is 7.73. The SMILES string of the molecule is CC1(C)O[C@@H]2[C@@H](O1)[C@@H](C(=O)NN=Cc1ccccc1)O[C@H]1OC(C)(C)O[C@@H]12. The van der Waals surface area contributed by atoms with E-state index in [0.717, 1.165) is 5.56 Å². The summed E-state index contributed by atoms with van der Waals surface area (Å²) in [6, 6.07) is 9.46. The van der Waals surface area contributed by atoms with Gasteiger partial charge in [0.25, 0.3) is 5.91 Å². The number of benzene rings is 1. The normalized spacial score (nSPS) is 36.4. The lowest BCUT2D eigenvalue weighted by molar-refractivity contribution is -0.231. The van der Waals surface area contributed by atoms with E-state index in [-0.39, 0.29) is 0 Å². The van der Waals surface area contributed by atoms with Gasteiger partial charge in [-0.15, -0.1) is 0 Å². The zero-order chi connectivity index (χ0) is 19.2. The molecular weight excluding hydrogens is 352 g/mol. The number of nitrogens with one attached hydrogen (secondary N) is 1. The molecule has 3 aliphatic heterocycles. The van der Waals surface area contributed by atoms with Crippen molar-refractivity contribution in [2.45, 2.75) is 70.0 Å². The van der Waals surface area contributed by atoms with Crippen LogP contribution in [0.5, 0.6) is 0 Å². The predicted octanol–water partition coefficient (Wildman–Crippen LogP) is 1.53. The lowest BCUT2D eigenvalue weighted by Gasteiger charge is -2.36. The minimum Gasteiger partial charge on any atom is -0.342 e. The molecule has 3 aliphatic rings. The van der Waals surface area contributed by atoms with Gasteiger partial charge in [0.1, 0.15) is 18.3 Å². The van der Waals surface area contributed by atoms with E-state index < -0.39 is 48.2 Å². The third-order valence-electron chi connectivity index (χ3n) is 4.60. The van der Waals surface area contributed by atoms with Gasteiger partial charge in [0, 0.05) is 0 Å². The number of rotatable bonds is 3. The third kappa shape index (κ3) is 3.76. The smallest absolute Gasteiger partial charge is 0.272 e. The van der Waals surface area contributed by atoms with Gasteiger partial charge in [0.15, 0.2) is 24.0 Å². The first-order valence-corrected chi connectivity index (χ1v) is 8.99. The molecule has 3 heterocycles. The Bertz CT molecular complexity index is 735. The van der Waals surface area contributed by atoms with Gasteiger partial charge in [-0.2, -0.15) is 5.10 Å². The van der Waals surface area contributed by atoms with Crippen molar-refractivity contribution in [3.8, 4) is 0 Å². The van der Waals surface area contributed by atoms with Crippen molar-refractivity contribution in [1.82, 2.24) is 5.43 Å². The topological polar surface area (TPSA) is 87.6 Å². The van der Waals surface area contributed by atoms with Crippen LogP contribution >= 0.6 is 0 Å². The Labute approximate surface area is 157 Å². The maximum absolute atomic E-state index is 12.7. The van der Waals surface area contributed by atoms with E-state index in [1.165, 1.54) is 0 Å². The Hall–Kier alpha value is -1.84. The van der Waals surface area contributed by atoms with Crippen molar-refractivity contribution in [3.63, 3.8) is 0 Å². The van der Waals surface area contributed by atoms with Crippen LogP contribution in [0.4, 0.5) is 0 Å². The molecule has 0 aromatic heterocycles. The highest BCUT2D eigenvalue weighted by molar-refractivity contribution is 5.85. The number of hydrogen-bond acceptors (Lipinski definition) is 7. The van der Waals surface area contributed by atoms with Gasteiger partial charge in [-0.05, 0) is 33.3 Å². The minimum absolute atomic E-state index is 0.426. The Morgan fingerprint density at radius 1 is 0.963 bits per heavy atom. The lowest BCUT2D eigenvalue weighted by Crippen LogP contribution is -2.59. The van der Waals surface area contributed by atoms with Crippen LogP contribution in [-0.2, 0) is 28.5 Å². The van der Waals surface area contributed by atoms with E-state index >= 15 is 0 Å². The summed E-state index contributed by atoms with van der Waals surface area (Å²) in [7, 11) is 0. The molecule has 27 heavy (non-hydrogen) atoms. The molecule has 0 spiro atoms. The van der Waals surface area contributed by atoms with Gasteiger partial charge in [-0.1, -0.05) is 30.3 Å². The van der Waals surface area contributed by atoms with E-state index in [4.69, 9.17) is 23.7 Å². The summed E-state index contributed by atoms with van der Waals surface area (Å²) in [4.78, 5) is 12.7. The van der Waals surface area contributed by atoms with Crippen LogP contribution in [0.3, 0.4) is 0 Å². The fraction of sp³-hybridized carbons (Fsp3) is 0.579. The fourth-order valence-electron chi connectivity index (χ4n) is 3.60. The van der Waals surface area contributed by atoms with Gasteiger partial charge in [0.05, 0.1) is 6.21 Å². The molecule has 8 heteroatoms. The van der Waals surface area contributed by atoms with E-state index in [1.54, 1.807) is 33.9 Å². The second kappa shape index (κ2) is 6.65. The number of carbonyl (C=O) groups excluding carboxylic acids is 1. The number of ether oxygens (including phenoxy) is 5. The summed E-state index contributed by atoms with van der Waals surface area (Å²) in [5.41, 5.74) is 3.39. The molecule has 4 rings (SSSR count). The van der Waals surface area contributed by atoms with E-state index in [1.807, 2.05) is 30.3 Å². The molecule has 3 saturated heterocycles. The van der Waals surface area contributed by atoms with Gasteiger partial charge in [-0.3, -0.25) is 4.79 Å². The summed E-state index contributed by atoms with van der Waals surface area (Å²) >= 11 is 0. The standard InChI is InChI=1S/C19H24N2O6/c1-18(2)24-12-13(25-18)15-17(27-19(3,4)26-15)23-14(12)16(22)21-20-10-11-8-6-5-7-9-11/h5-10,12-15,17H,1-4H3,(H,21,22)/t12-,13-,14+,15-,17+/m1/s1. The predicted molar refractivity (Wildman–Crippen MR) is 94.7 cm³/mol. The van der Waals surface area contributed by atoms with Crippen molar-refractivity contribution >= 4 is 12.1 Å². The fourth-order valence-corrected chi connectivity index (χ4v) is 3.60. The molecule has 0 saturated carbocycles. The van der Waals surface area contributed by atoms with Gasteiger partial charge in [0.2, 0.25) is 0 Å². The molecule has 5 atom stereocenters. The molecular formula is C19H24N2O6. The van der Waals surface area contributed by atoms with Crippen LogP contribution in [-0.4, -0.2) is 54.4 Å². The molecule has 8 nitrogen and oxygen atoms in total. The first-order valence-electron chi connectivity index (χ1n) is 8.99. The number of amides is 1. The number of hydrazone groups is 1. The molecule has 0 unspecified atom stereocenters. The highest BCUT2D eigenvalue weighted by atomic mass is 16.9. The molecule has 3 fully saturated rings. The summed E-state index contributed by atoms with van der Waals surface area (Å²) < 4.78 is 29.5. The number of carbonyl (C=O) groups is 1. The van der Waals surface area contributed by atoms with Crippen LogP contribution < -0.4 is 5.43 Å². The maximum atomic E-state index is 12.7. The van der Waals surface area contributed by atoms with Crippen molar-refractivity contribution < 1.29 is 28.5 Å². The number of nitrogens with zero attached hydrogens (tertiary/aromatic N) is 1. The largest absolute Gasteiger partial charge is 0.342 e. The second-order valence-electron chi connectivity index (χ2n) is 7.73. The van der Waals surface area contributed by atoms with Crippen LogP contribution in [0, 0.1) is 0 Å². The first kappa shape index (κ1) is 18.5. The molecule has 1 amide bonds. The van der Waals surface area contributed by atoms with Crippen molar-refractivity contribution in [2.24, 2.45) is 5.10 Å². The highest BCUT2D eigenvalue weighted by Gasteiger charge is 2.62. The molecule has 1 aromatic rings. The summed E-state index contributed by atoms with van der Waals surface area (Å²) in [6.45, 7) is 7.18. The zero-order valence-corrected chi connectivity index (χ0v) is 15.7. The Balaban J connectivity index is 1.49. The Morgan fingerprint density at radius 3 is 2.33 bits per heavy atom. The number of hydrogen-bond donors (Lipinski definition) is 1. The molecule has 0 aliphatic carbocycles. The Kier molecular flexibility index (Phi) is 4.56. The van der Waals surface area contributed by atoms with Crippen LogP contribution in [0.25, 0.3) is 0 Å². The van der Waals surface area contributed by atoms with Gasteiger partial charge in [-0.25, -0.2) is 5.43 Å². The summed E-state index contributed by atoms with van der Waals surface area (Å²) in [6.07, 6.45) is -1.64. The Morgan fingerprint density at radius 2 is 1.59 bits per heavy atom. The summed E-state index contributed by atoms with van der Waals surface area (Å²) in [5.74, 6) is -2.10. The average molecular weight is 376 g/mol. The van der Waals surface area contributed by atoms with Crippen LogP contribution in [0.15, 0.2) is 35.4 Å². The van der Waals surface area contributed by atoms with E-state index in [0.29, 0.717) is 0 Å².